The molecule has 8 nitrogen and oxygen atoms in total. The summed E-state index contributed by atoms with van der Waals surface area (Å²) in [7, 11) is 3.38. The number of fused-ring (bicyclic) bond motifs is 1. The van der Waals surface area contributed by atoms with Crippen LogP contribution in [0.25, 0.3) is 6.08 Å². The van der Waals surface area contributed by atoms with Gasteiger partial charge in [0, 0.05) is 19.7 Å². The summed E-state index contributed by atoms with van der Waals surface area (Å²) >= 11 is 0. The molecule has 1 atom stereocenters. The molecule has 0 radical (unpaired) electrons. The van der Waals surface area contributed by atoms with Crippen LogP contribution < -0.4 is 19.1 Å². The van der Waals surface area contributed by atoms with Crippen LogP contribution in [0.2, 0.25) is 0 Å². The van der Waals surface area contributed by atoms with Crippen molar-refractivity contribution in [3.05, 3.63) is 71.1 Å². The van der Waals surface area contributed by atoms with Crippen LogP contribution in [0.4, 0.5) is 5.69 Å². The molecule has 1 aliphatic rings. The predicted octanol–water partition coefficient (Wildman–Crippen LogP) is 4.64. The first-order chi connectivity index (χ1) is 17.4. The summed E-state index contributed by atoms with van der Waals surface area (Å²) < 4.78 is 22.8. The van der Waals surface area contributed by atoms with E-state index in [2.05, 4.69) is 23.0 Å². The summed E-state index contributed by atoms with van der Waals surface area (Å²) in [6.45, 7) is 8.31. The lowest BCUT2D eigenvalue weighted by Gasteiger charge is -2.37. The van der Waals surface area contributed by atoms with Crippen molar-refractivity contribution in [2.24, 2.45) is 0 Å². The third-order valence-electron chi connectivity index (χ3n) is 6.32. The van der Waals surface area contributed by atoms with Gasteiger partial charge in [0.05, 0.1) is 37.1 Å². The van der Waals surface area contributed by atoms with Gasteiger partial charge < -0.3 is 28.5 Å². The van der Waals surface area contributed by atoms with Crippen LogP contribution in [0.15, 0.2) is 53.1 Å². The number of ether oxygens (including phenoxy) is 3. The van der Waals surface area contributed by atoms with E-state index in [9.17, 15) is 4.79 Å². The zero-order valence-corrected chi connectivity index (χ0v) is 21.5. The molecular weight excluding hydrogens is 458 g/mol. The van der Waals surface area contributed by atoms with Gasteiger partial charge in [0.25, 0.3) is 0 Å². The number of anilines is 1. The maximum atomic E-state index is 12.8. The second-order valence-electron chi connectivity index (χ2n) is 8.80. The fourth-order valence-corrected chi connectivity index (χ4v) is 4.23. The molecule has 0 aliphatic carbocycles. The van der Waals surface area contributed by atoms with Crippen LogP contribution in [0.5, 0.6) is 17.2 Å². The Kier molecular flexibility index (Phi) is 7.83. The van der Waals surface area contributed by atoms with Gasteiger partial charge in [-0.05, 0) is 56.7 Å². The molecule has 2 aromatic carbocycles. The van der Waals surface area contributed by atoms with E-state index in [1.165, 1.54) is 0 Å². The largest absolute Gasteiger partial charge is 0.493 e. The van der Waals surface area contributed by atoms with Gasteiger partial charge in [0.1, 0.15) is 24.2 Å². The van der Waals surface area contributed by atoms with Crippen molar-refractivity contribution in [1.82, 2.24) is 10.1 Å². The summed E-state index contributed by atoms with van der Waals surface area (Å²) in [5, 5.41) is 3.95. The normalized spacial score (nSPS) is 14.9. The van der Waals surface area contributed by atoms with E-state index in [0.29, 0.717) is 24.7 Å². The van der Waals surface area contributed by atoms with Gasteiger partial charge in [-0.1, -0.05) is 23.4 Å². The van der Waals surface area contributed by atoms with Crippen LogP contribution in [0.3, 0.4) is 0 Å². The minimum Gasteiger partial charge on any atom is -0.493 e. The average Bonchev–Trinajstić information content (AvgIpc) is 3.22. The number of nitrogens with zero attached hydrogens (tertiary/aromatic N) is 3. The predicted molar refractivity (Wildman–Crippen MR) is 139 cm³/mol. The molecule has 1 amide bonds. The molecule has 0 fully saturated rings. The van der Waals surface area contributed by atoms with E-state index in [-0.39, 0.29) is 12.0 Å². The first-order valence-corrected chi connectivity index (χ1v) is 12.1. The Hall–Kier alpha value is -3.94. The van der Waals surface area contributed by atoms with Crippen molar-refractivity contribution in [1.29, 1.82) is 0 Å². The summed E-state index contributed by atoms with van der Waals surface area (Å²) in [4.78, 5) is 16.8. The second-order valence-corrected chi connectivity index (χ2v) is 8.80. The van der Waals surface area contributed by atoms with Crippen molar-refractivity contribution in [2.45, 2.75) is 33.5 Å². The third-order valence-corrected chi connectivity index (χ3v) is 6.32. The molecule has 0 bridgehead atoms. The summed E-state index contributed by atoms with van der Waals surface area (Å²) in [6, 6.07) is 13.6. The molecule has 0 spiro atoms. The lowest BCUT2D eigenvalue weighted by molar-refractivity contribution is -0.125. The zero-order chi connectivity index (χ0) is 25.7. The highest BCUT2D eigenvalue weighted by Crippen LogP contribution is 2.33. The van der Waals surface area contributed by atoms with Gasteiger partial charge in [0.15, 0.2) is 11.5 Å². The Balaban J connectivity index is 1.36. The number of para-hydroxylation sites is 2. The number of aromatic nitrogens is 1. The summed E-state index contributed by atoms with van der Waals surface area (Å²) in [5.74, 6) is 2.68. The Morgan fingerprint density at radius 1 is 1.22 bits per heavy atom. The molecule has 2 heterocycles. The van der Waals surface area contributed by atoms with E-state index in [1.54, 1.807) is 31.2 Å². The SMILES string of the molecule is CCN1CC(CN(C)C(=O)/C=C/c2ccc(OCc3c(C)noc3C)c(OC)c2)Oc2ccccc21. The summed E-state index contributed by atoms with van der Waals surface area (Å²) in [6.07, 6.45) is 3.24. The van der Waals surface area contributed by atoms with Gasteiger partial charge in [0.2, 0.25) is 5.91 Å². The number of carbonyl (C=O) groups is 1. The van der Waals surface area contributed by atoms with Crippen LogP contribution in [0, 0.1) is 13.8 Å². The van der Waals surface area contributed by atoms with E-state index in [0.717, 1.165) is 47.1 Å². The number of rotatable bonds is 9. The number of methoxy groups -OCH3 is 1. The third kappa shape index (κ3) is 5.64. The number of amides is 1. The number of hydrogen-bond acceptors (Lipinski definition) is 7. The van der Waals surface area contributed by atoms with Crippen LogP contribution in [-0.4, -0.2) is 55.9 Å². The van der Waals surface area contributed by atoms with Gasteiger partial charge in [-0.15, -0.1) is 0 Å². The van der Waals surface area contributed by atoms with Crippen LogP contribution >= 0.6 is 0 Å². The molecule has 4 rings (SSSR count). The average molecular weight is 492 g/mol. The van der Waals surface area contributed by atoms with Gasteiger partial charge in [-0.3, -0.25) is 4.79 Å². The number of benzene rings is 2. The highest BCUT2D eigenvalue weighted by molar-refractivity contribution is 5.91. The Morgan fingerprint density at radius 2 is 2.03 bits per heavy atom. The molecule has 8 heteroatoms. The minimum absolute atomic E-state index is 0.0989. The second kappa shape index (κ2) is 11.2. The molecule has 36 heavy (non-hydrogen) atoms. The minimum atomic E-state index is -0.101. The topological polar surface area (TPSA) is 77.3 Å². The Morgan fingerprint density at radius 3 is 2.75 bits per heavy atom. The Bertz CT molecular complexity index is 1220. The lowest BCUT2D eigenvalue weighted by Crippen LogP contribution is -2.46. The first-order valence-electron chi connectivity index (χ1n) is 12.1. The van der Waals surface area contributed by atoms with Crippen LogP contribution in [-0.2, 0) is 11.4 Å². The molecular formula is C28H33N3O5. The highest BCUT2D eigenvalue weighted by Gasteiger charge is 2.26. The molecule has 0 saturated carbocycles. The fraction of sp³-hybridized carbons (Fsp3) is 0.357. The Labute approximate surface area is 212 Å². The monoisotopic (exact) mass is 491 g/mol. The van der Waals surface area contributed by atoms with Crippen molar-refractivity contribution in [3.8, 4) is 17.2 Å². The molecule has 190 valence electrons. The smallest absolute Gasteiger partial charge is 0.246 e. The maximum absolute atomic E-state index is 12.8. The van der Waals surface area contributed by atoms with Crippen molar-refractivity contribution in [2.75, 3.05) is 38.7 Å². The molecule has 3 aromatic rings. The van der Waals surface area contributed by atoms with Gasteiger partial charge >= 0.3 is 0 Å². The van der Waals surface area contributed by atoms with E-state index in [1.807, 2.05) is 50.2 Å². The number of aryl methyl sites for hydroxylation is 2. The quantitative estimate of drug-likeness (QED) is 0.404. The van der Waals surface area contributed by atoms with E-state index < -0.39 is 0 Å². The lowest BCUT2D eigenvalue weighted by atomic mass is 10.1. The molecule has 0 saturated heterocycles. The highest BCUT2D eigenvalue weighted by atomic mass is 16.5. The van der Waals surface area contributed by atoms with Crippen molar-refractivity contribution >= 4 is 17.7 Å². The molecule has 1 aromatic heterocycles. The number of carbonyl (C=O) groups excluding carboxylic acids is 1. The maximum Gasteiger partial charge on any atom is 0.246 e. The molecule has 0 N–H and O–H groups in total. The van der Waals surface area contributed by atoms with Crippen LogP contribution in [0.1, 0.15) is 29.5 Å². The molecule has 1 unspecified atom stereocenters. The van der Waals surface area contributed by atoms with E-state index in [4.69, 9.17) is 18.7 Å². The standard InChI is InChI=1S/C28H33N3O5/c1-6-31-17-22(35-25-10-8-7-9-24(25)31)16-30(4)28(32)14-12-21-11-13-26(27(15-21)33-5)34-18-23-19(2)29-36-20(23)3/h7-15,22H,6,16-18H2,1-5H3/b14-12+. The zero-order valence-electron chi connectivity index (χ0n) is 21.5. The van der Waals surface area contributed by atoms with Crippen molar-refractivity contribution in [3.63, 3.8) is 0 Å². The summed E-state index contributed by atoms with van der Waals surface area (Å²) in [5.41, 5.74) is 3.65. The van der Waals surface area contributed by atoms with Gasteiger partial charge in [-0.25, -0.2) is 0 Å². The van der Waals surface area contributed by atoms with Gasteiger partial charge in [-0.2, -0.15) is 0 Å². The number of hydrogen-bond donors (Lipinski definition) is 0. The fourth-order valence-electron chi connectivity index (χ4n) is 4.23. The first kappa shape index (κ1) is 25.2. The number of likely N-dealkylation sites (N-methyl/N-ethyl adjacent to an activating group) is 2. The van der Waals surface area contributed by atoms with E-state index >= 15 is 0 Å². The van der Waals surface area contributed by atoms with Crippen molar-refractivity contribution < 1.29 is 23.5 Å². The molecule has 1 aliphatic heterocycles.